The van der Waals surface area contributed by atoms with Gasteiger partial charge in [-0.1, -0.05) is 30.3 Å². The number of carbonyl (C=O) groups is 1. The molecule has 1 atom stereocenters. The van der Waals surface area contributed by atoms with Gasteiger partial charge in [-0.25, -0.2) is 19.8 Å². The highest BCUT2D eigenvalue weighted by molar-refractivity contribution is 9.10. The fourth-order valence-electron chi connectivity index (χ4n) is 2.92. The maximum absolute atomic E-state index is 12.7. The van der Waals surface area contributed by atoms with Crippen LogP contribution in [0.3, 0.4) is 0 Å². The van der Waals surface area contributed by atoms with Gasteiger partial charge in [-0.15, -0.1) is 0 Å². The van der Waals surface area contributed by atoms with Gasteiger partial charge in [-0.3, -0.25) is 0 Å². The smallest absolute Gasteiger partial charge is 0.341 e. The fourth-order valence-corrected chi connectivity index (χ4v) is 3.20. The van der Waals surface area contributed by atoms with E-state index in [9.17, 15) is 4.79 Å². The molecule has 7 nitrogen and oxygen atoms in total. The SMILES string of the molecule is O=C(N1CC(Oc2cc(Br)ncn2)C1)N1N=CCC1c1ccccc1. The van der Waals surface area contributed by atoms with E-state index in [1.54, 1.807) is 22.2 Å². The van der Waals surface area contributed by atoms with Crippen LogP contribution in [0.4, 0.5) is 4.79 Å². The number of urea groups is 1. The Balaban J connectivity index is 1.36. The summed E-state index contributed by atoms with van der Waals surface area (Å²) in [5.41, 5.74) is 1.09. The molecule has 0 spiro atoms. The minimum atomic E-state index is -0.0914. The number of hydrazone groups is 1. The van der Waals surface area contributed by atoms with Crippen molar-refractivity contribution >= 4 is 28.2 Å². The van der Waals surface area contributed by atoms with Crippen LogP contribution >= 0.6 is 15.9 Å². The first-order chi connectivity index (χ1) is 12.2. The molecule has 1 aromatic heterocycles. The lowest BCUT2D eigenvalue weighted by Gasteiger charge is -2.40. The molecular weight excluding hydrogens is 386 g/mol. The number of hydrogen-bond acceptors (Lipinski definition) is 5. The van der Waals surface area contributed by atoms with Gasteiger partial charge >= 0.3 is 6.03 Å². The lowest BCUT2D eigenvalue weighted by molar-refractivity contribution is 0.0251. The van der Waals surface area contributed by atoms with Gasteiger partial charge in [0.2, 0.25) is 5.88 Å². The summed E-state index contributed by atoms with van der Waals surface area (Å²) in [7, 11) is 0. The molecule has 0 N–H and O–H groups in total. The summed E-state index contributed by atoms with van der Waals surface area (Å²) in [4.78, 5) is 22.5. The summed E-state index contributed by atoms with van der Waals surface area (Å²) in [5, 5.41) is 5.83. The van der Waals surface area contributed by atoms with Crippen molar-refractivity contribution in [3.05, 3.63) is 52.9 Å². The Morgan fingerprint density at radius 1 is 1.20 bits per heavy atom. The first-order valence-electron chi connectivity index (χ1n) is 8.00. The number of aromatic nitrogens is 2. The Bertz CT molecular complexity index is 795. The minimum Gasteiger partial charge on any atom is -0.470 e. The molecule has 25 heavy (non-hydrogen) atoms. The first kappa shape index (κ1) is 16.0. The Morgan fingerprint density at radius 3 is 2.76 bits per heavy atom. The normalized spacial score (nSPS) is 19.8. The average Bonchev–Trinajstić information content (AvgIpc) is 3.08. The number of halogens is 1. The highest BCUT2D eigenvalue weighted by Gasteiger charge is 2.38. The number of ether oxygens (including phenoxy) is 1. The van der Waals surface area contributed by atoms with E-state index in [1.807, 2.05) is 30.3 Å². The summed E-state index contributed by atoms with van der Waals surface area (Å²) in [5.74, 6) is 0.500. The Morgan fingerprint density at radius 2 is 2.00 bits per heavy atom. The second kappa shape index (κ2) is 6.79. The number of likely N-dealkylation sites (tertiary alicyclic amines) is 1. The van der Waals surface area contributed by atoms with E-state index >= 15 is 0 Å². The van der Waals surface area contributed by atoms with Gasteiger partial charge in [0.1, 0.15) is 17.0 Å². The van der Waals surface area contributed by atoms with Crippen molar-refractivity contribution in [2.75, 3.05) is 13.1 Å². The zero-order valence-corrected chi connectivity index (χ0v) is 14.9. The predicted octanol–water partition coefficient (Wildman–Crippen LogP) is 2.85. The van der Waals surface area contributed by atoms with E-state index < -0.39 is 0 Å². The summed E-state index contributed by atoms with van der Waals surface area (Å²) in [6.45, 7) is 1.04. The average molecular weight is 402 g/mol. The van der Waals surface area contributed by atoms with Crippen molar-refractivity contribution in [2.45, 2.75) is 18.6 Å². The fraction of sp³-hybridized carbons (Fsp3) is 0.294. The van der Waals surface area contributed by atoms with Gasteiger partial charge < -0.3 is 9.64 Å². The maximum Gasteiger partial charge on any atom is 0.341 e. The van der Waals surface area contributed by atoms with Gasteiger partial charge in [0, 0.05) is 18.7 Å². The predicted molar refractivity (Wildman–Crippen MR) is 95.2 cm³/mol. The summed E-state index contributed by atoms with van der Waals surface area (Å²) in [6, 6.07) is 11.5. The summed E-state index contributed by atoms with van der Waals surface area (Å²) >= 11 is 3.28. The van der Waals surface area contributed by atoms with Crippen LogP contribution in [0.1, 0.15) is 18.0 Å². The van der Waals surface area contributed by atoms with Crippen molar-refractivity contribution in [1.29, 1.82) is 0 Å². The van der Waals surface area contributed by atoms with Crippen LogP contribution in [0.15, 0.2) is 52.4 Å². The standard InChI is InChI=1S/C17H16BrN5O2/c18-15-8-16(20-11-19-15)25-13-9-22(10-13)17(24)23-14(6-7-21-23)12-4-2-1-3-5-12/h1-5,7-8,11,13-14H,6,9-10H2. The third-order valence-electron chi connectivity index (χ3n) is 4.22. The van der Waals surface area contributed by atoms with Crippen molar-refractivity contribution in [2.24, 2.45) is 5.10 Å². The van der Waals surface area contributed by atoms with E-state index in [-0.39, 0.29) is 18.2 Å². The molecule has 128 valence electrons. The highest BCUT2D eigenvalue weighted by Crippen LogP contribution is 2.30. The number of benzene rings is 1. The van der Waals surface area contributed by atoms with Crippen molar-refractivity contribution in [3.63, 3.8) is 0 Å². The van der Waals surface area contributed by atoms with Crippen LogP contribution in [-0.4, -0.2) is 51.3 Å². The summed E-state index contributed by atoms with van der Waals surface area (Å²) in [6.07, 6.45) is 3.90. The molecule has 2 amide bonds. The van der Waals surface area contributed by atoms with E-state index in [1.165, 1.54) is 6.33 Å². The molecule has 2 aliphatic rings. The Kier molecular flexibility index (Phi) is 4.35. The molecule has 2 aromatic rings. The van der Waals surface area contributed by atoms with Gasteiger partial charge in [0.05, 0.1) is 19.1 Å². The maximum atomic E-state index is 12.7. The molecule has 3 heterocycles. The molecule has 0 saturated carbocycles. The number of rotatable bonds is 3. The second-order valence-electron chi connectivity index (χ2n) is 5.91. The first-order valence-corrected chi connectivity index (χ1v) is 8.80. The zero-order chi connectivity index (χ0) is 17.2. The van der Waals surface area contributed by atoms with E-state index in [2.05, 4.69) is 31.0 Å². The third kappa shape index (κ3) is 3.34. The molecule has 8 heteroatoms. The van der Waals surface area contributed by atoms with Crippen LogP contribution in [0.25, 0.3) is 0 Å². The molecule has 4 rings (SSSR count). The minimum absolute atomic E-state index is 0.0357. The van der Waals surface area contributed by atoms with Crippen LogP contribution < -0.4 is 4.74 Å². The van der Waals surface area contributed by atoms with Crippen LogP contribution in [0, 0.1) is 0 Å². The molecule has 0 aliphatic carbocycles. The van der Waals surface area contributed by atoms with Gasteiger partial charge in [-0.05, 0) is 21.5 Å². The number of amides is 2. The highest BCUT2D eigenvalue weighted by atomic mass is 79.9. The van der Waals surface area contributed by atoms with E-state index in [0.29, 0.717) is 23.6 Å². The molecule has 1 saturated heterocycles. The van der Waals surface area contributed by atoms with Gasteiger partial charge in [0.15, 0.2) is 0 Å². The number of carbonyl (C=O) groups excluding carboxylic acids is 1. The Labute approximate surface area is 153 Å². The Hall–Kier alpha value is -2.48. The molecule has 1 unspecified atom stereocenters. The van der Waals surface area contributed by atoms with Crippen molar-refractivity contribution in [3.8, 4) is 5.88 Å². The van der Waals surface area contributed by atoms with Crippen LogP contribution in [-0.2, 0) is 0 Å². The molecule has 2 aliphatic heterocycles. The monoisotopic (exact) mass is 401 g/mol. The van der Waals surface area contributed by atoms with Gasteiger partial charge in [-0.2, -0.15) is 5.10 Å². The molecule has 1 aromatic carbocycles. The van der Waals surface area contributed by atoms with E-state index in [4.69, 9.17) is 4.74 Å². The third-order valence-corrected chi connectivity index (χ3v) is 4.66. The molecule has 0 radical (unpaired) electrons. The van der Waals surface area contributed by atoms with Crippen LogP contribution in [0.5, 0.6) is 5.88 Å². The van der Waals surface area contributed by atoms with Crippen molar-refractivity contribution in [1.82, 2.24) is 19.9 Å². The zero-order valence-electron chi connectivity index (χ0n) is 13.3. The quantitative estimate of drug-likeness (QED) is 0.741. The largest absolute Gasteiger partial charge is 0.470 e. The molecule has 1 fully saturated rings. The molecule has 0 bridgehead atoms. The number of nitrogens with zero attached hydrogens (tertiary/aromatic N) is 5. The van der Waals surface area contributed by atoms with E-state index in [0.717, 1.165) is 12.0 Å². The second-order valence-corrected chi connectivity index (χ2v) is 6.72. The van der Waals surface area contributed by atoms with Crippen molar-refractivity contribution < 1.29 is 9.53 Å². The molecular formula is C17H16BrN5O2. The lowest BCUT2D eigenvalue weighted by atomic mass is 10.0. The summed E-state index contributed by atoms with van der Waals surface area (Å²) < 4.78 is 6.42. The lowest BCUT2D eigenvalue weighted by Crippen LogP contribution is -2.58. The van der Waals surface area contributed by atoms with Crippen LogP contribution in [0.2, 0.25) is 0 Å². The topological polar surface area (TPSA) is 70.9 Å². The van der Waals surface area contributed by atoms with Gasteiger partial charge in [0.25, 0.3) is 0 Å². The number of hydrogen-bond donors (Lipinski definition) is 0.